The van der Waals surface area contributed by atoms with Gasteiger partial charge in [0.25, 0.3) is 5.79 Å². The largest absolute Gasteiger partial charge is 0.448 e. The van der Waals surface area contributed by atoms with Crippen molar-refractivity contribution in [3.63, 3.8) is 0 Å². The van der Waals surface area contributed by atoms with Gasteiger partial charge < -0.3 is 14.8 Å². The van der Waals surface area contributed by atoms with Crippen LogP contribution in [-0.2, 0) is 11.2 Å². The van der Waals surface area contributed by atoms with Gasteiger partial charge in [-0.25, -0.2) is 0 Å². The summed E-state index contributed by atoms with van der Waals surface area (Å²) in [6.07, 6.45) is 6.16. The maximum absolute atomic E-state index is 12.7. The normalized spacial score (nSPS) is 22.2. The number of rotatable bonds is 2. The molecule has 1 amide bonds. The molecule has 0 radical (unpaired) electrons. The van der Waals surface area contributed by atoms with Gasteiger partial charge in [0, 0.05) is 29.5 Å². The number of hydrogen-bond acceptors (Lipinski definition) is 4. The van der Waals surface area contributed by atoms with Gasteiger partial charge in [0.1, 0.15) is 0 Å². The van der Waals surface area contributed by atoms with Gasteiger partial charge in [0.05, 0.1) is 5.25 Å². The molecule has 2 aromatic rings. The van der Waals surface area contributed by atoms with Crippen LogP contribution < -0.4 is 14.8 Å². The molecule has 5 heteroatoms. The molecule has 2 heterocycles. The molecule has 2 aliphatic heterocycles. The highest BCUT2D eigenvalue weighted by atomic mass is 32.2. The Hall–Kier alpha value is -2.14. The second kappa shape index (κ2) is 6.23. The quantitative estimate of drug-likeness (QED) is 0.830. The molecule has 26 heavy (non-hydrogen) atoms. The van der Waals surface area contributed by atoms with Gasteiger partial charge in [-0.05, 0) is 43.0 Å². The standard InChI is InChI=1S/C21H21NO3S/c23-20(19-12-14-6-2-3-7-18(14)26-19)22-15-8-9-16-17(13-15)25-21(24-16)10-4-1-5-11-21/h2-3,6-9,13,19H,1,4-5,10-12H2,(H,22,23). The second-order valence-electron chi connectivity index (χ2n) is 7.24. The molecule has 1 atom stereocenters. The third-order valence-corrected chi connectivity index (χ3v) is 6.68. The first kappa shape index (κ1) is 16.1. The summed E-state index contributed by atoms with van der Waals surface area (Å²) in [6.45, 7) is 0. The Labute approximate surface area is 157 Å². The van der Waals surface area contributed by atoms with Crippen molar-refractivity contribution in [2.24, 2.45) is 0 Å². The van der Waals surface area contributed by atoms with E-state index in [1.807, 2.05) is 30.3 Å². The molecule has 1 spiro atoms. The number of anilines is 1. The summed E-state index contributed by atoms with van der Waals surface area (Å²) in [5.41, 5.74) is 2.02. The monoisotopic (exact) mass is 367 g/mol. The molecular weight excluding hydrogens is 346 g/mol. The van der Waals surface area contributed by atoms with Crippen molar-refractivity contribution in [1.29, 1.82) is 0 Å². The Morgan fingerprint density at radius 2 is 1.85 bits per heavy atom. The van der Waals surface area contributed by atoms with E-state index in [0.29, 0.717) is 0 Å². The highest BCUT2D eigenvalue weighted by Gasteiger charge is 2.42. The van der Waals surface area contributed by atoms with Crippen LogP contribution in [0.5, 0.6) is 11.5 Å². The number of ether oxygens (including phenoxy) is 2. The lowest BCUT2D eigenvalue weighted by molar-refractivity contribution is -0.115. The molecular formula is C21H21NO3S. The van der Waals surface area contributed by atoms with Gasteiger partial charge in [0.2, 0.25) is 5.91 Å². The van der Waals surface area contributed by atoms with Gasteiger partial charge >= 0.3 is 0 Å². The van der Waals surface area contributed by atoms with Crippen LogP contribution in [0.4, 0.5) is 5.69 Å². The van der Waals surface area contributed by atoms with Crippen LogP contribution in [0.25, 0.3) is 0 Å². The summed E-state index contributed by atoms with van der Waals surface area (Å²) in [7, 11) is 0. The second-order valence-corrected chi connectivity index (χ2v) is 8.49. The van der Waals surface area contributed by atoms with Gasteiger partial charge in [-0.15, -0.1) is 11.8 Å². The molecule has 0 saturated heterocycles. The fraction of sp³-hybridized carbons (Fsp3) is 0.381. The molecule has 1 saturated carbocycles. The molecule has 1 unspecified atom stereocenters. The van der Waals surface area contributed by atoms with Gasteiger partial charge in [-0.1, -0.05) is 24.6 Å². The van der Waals surface area contributed by atoms with Gasteiger partial charge in [-0.2, -0.15) is 0 Å². The SMILES string of the molecule is O=C(Nc1ccc2c(c1)OC1(CCCCC1)O2)C1Cc2ccccc2S1. The predicted molar refractivity (Wildman–Crippen MR) is 102 cm³/mol. The zero-order chi connectivity index (χ0) is 17.6. The number of benzene rings is 2. The first-order chi connectivity index (χ1) is 12.7. The van der Waals surface area contributed by atoms with Crippen molar-refractivity contribution in [2.75, 3.05) is 5.32 Å². The van der Waals surface area contributed by atoms with E-state index in [9.17, 15) is 4.79 Å². The zero-order valence-corrected chi connectivity index (χ0v) is 15.3. The number of carbonyl (C=O) groups is 1. The average molecular weight is 367 g/mol. The van der Waals surface area contributed by atoms with Gasteiger partial charge in [0.15, 0.2) is 11.5 Å². The average Bonchev–Trinajstić information content (AvgIpc) is 3.23. The molecule has 3 aliphatic rings. The van der Waals surface area contributed by atoms with Crippen LogP contribution in [0.1, 0.15) is 37.7 Å². The molecule has 0 aromatic heterocycles. The fourth-order valence-corrected chi connectivity index (χ4v) is 5.21. The van der Waals surface area contributed by atoms with E-state index in [1.54, 1.807) is 11.8 Å². The lowest BCUT2D eigenvalue weighted by atomic mass is 9.94. The van der Waals surface area contributed by atoms with E-state index >= 15 is 0 Å². The van der Waals surface area contributed by atoms with Crippen LogP contribution in [0.2, 0.25) is 0 Å². The number of carbonyl (C=O) groups excluding carboxylic acids is 1. The minimum absolute atomic E-state index is 0.0393. The Bertz CT molecular complexity index is 835. The molecule has 134 valence electrons. The van der Waals surface area contributed by atoms with Crippen LogP contribution in [0.15, 0.2) is 47.4 Å². The van der Waals surface area contributed by atoms with Crippen molar-refractivity contribution in [2.45, 2.75) is 54.5 Å². The van der Waals surface area contributed by atoms with Crippen molar-refractivity contribution in [1.82, 2.24) is 0 Å². The summed E-state index contributed by atoms with van der Waals surface area (Å²) in [5, 5.41) is 2.96. The molecule has 1 fully saturated rings. The minimum atomic E-state index is -0.480. The third kappa shape index (κ3) is 2.84. The summed E-state index contributed by atoms with van der Waals surface area (Å²) >= 11 is 1.64. The van der Waals surface area contributed by atoms with Crippen LogP contribution >= 0.6 is 11.8 Å². The molecule has 1 aliphatic carbocycles. The van der Waals surface area contributed by atoms with E-state index in [4.69, 9.17) is 9.47 Å². The van der Waals surface area contributed by atoms with Crippen LogP contribution in [0, 0.1) is 0 Å². The minimum Gasteiger partial charge on any atom is -0.448 e. The number of fused-ring (bicyclic) bond motifs is 2. The maximum Gasteiger partial charge on any atom is 0.251 e. The lowest BCUT2D eigenvalue weighted by Gasteiger charge is -2.31. The van der Waals surface area contributed by atoms with E-state index in [0.717, 1.165) is 49.3 Å². The van der Waals surface area contributed by atoms with E-state index in [2.05, 4.69) is 17.4 Å². The van der Waals surface area contributed by atoms with Crippen molar-refractivity contribution in [3.8, 4) is 11.5 Å². The van der Waals surface area contributed by atoms with Crippen molar-refractivity contribution >= 4 is 23.4 Å². The highest BCUT2D eigenvalue weighted by molar-refractivity contribution is 8.01. The lowest BCUT2D eigenvalue weighted by Crippen LogP contribution is -2.40. The van der Waals surface area contributed by atoms with Crippen molar-refractivity contribution in [3.05, 3.63) is 48.0 Å². The number of amides is 1. The van der Waals surface area contributed by atoms with Crippen molar-refractivity contribution < 1.29 is 14.3 Å². The summed E-state index contributed by atoms with van der Waals surface area (Å²) in [4.78, 5) is 13.9. The predicted octanol–water partition coefficient (Wildman–Crippen LogP) is 4.77. The fourth-order valence-electron chi connectivity index (χ4n) is 4.02. The van der Waals surface area contributed by atoms with Crippen LogP contribution in [-0.4, -0.2) is 16.9 Å². The Kier molecular flexibility index (Phi) is 3.85. The first-order valence-electron chi connectivity index (χ1n) is 9.28. The topological polar surface area (TPSA) is 47.6 Å². The zero-order valence-electron chi connectivity index (χ0n) is 14.5. The smallest absolute Gasteiger partial charge is 0.251 e. The van der Waals surface area contributed by atoms with Gasteiger partial charge in [-0.3, -0.25) is 4.79 Å². The molecule has 0 bridgehead atoms. The molecule has 4 nitrogen and oxygen atoms in total. The number of nitrogens with one attached hydrogen (secondary N) is 1. The van der Waals surface area contributed by atoms with E-state index in [1.165, 1.54) is 16.9 Å². The van der Waals surface area contributed by atoms with E-state index in [-0.39, 0.29) is 11.2 Å². The summed E-state index contributed by atoms with van der Waals surface area (Å²) < 4.78 is 12.3. The molecule has 5 rings (SSSR count). The number of hydrogen-bond donors (Lipinski definition) is 1. The van der Waals surface area contributed by atoms with Crippen LogP contribution in [0.3, 0.4) is 0 Å². The Morgan fingerprint density at radius 1 is 1.04 bits per heavy atom. The first-order valence-corrected chi connectivity index (χ1v) is 10.2. The molecule has 1 N–H and O–H groups in total. The number of thioether (sulfide) groups is 1. The summed E-state index contributed by atoms with van der Waals surface area (Å²) in [5.74, 6) is 1.09. The maximum atomic E-state index is 12.7. The Balaban J connectivity index is 1.28. The highest BCUT2D eigenvalue weighted by Crippen LogP contribution is 2.46. The third-order valence-electron chi connectivity index (χ3n) is 5.36. The summed E-state index contributed by atoms with van der Waals surface area (Å²) in [6, 6.07) is 13.9. The molecule has 2 aromatic carbocycles. The van der Waals surface area contributed by atoms with E-state index < -0.39 is 5.79 Å². The Morgan fingerprint density at radius 3 is 2.69 bits per heavy atom.